The van der Waals surface area contributed by atoms with E-state index >= 15 is 0 Å². The zero-order chi connectivity index (χ0) is 15.9. The van der Waals surface area contributed by atoms with Crippen LogP contribution in [0, 0.1) is 6.92 Å². The van der Waals surface area contributed by atoms with Gasteiger partial charge in [-0.05, 0) is 49.6 Å². The van der Waals surface area contributed by atoms with Gasteiger partial charge in [-0.2, -0.15) is 0 Å². The molecule has 0 aliphatic rings. The molecule has 0 aromatic heterocycles. The molecule has 0 saturated carbocycles. The standard InChI is InChI=1S/C18H21ClN2O/c1-3-21(16-9-6-7-14(2)13-16)18(22)20-12-11-15-8-4-5-10-17(15)19/h4-10,13H,3,11-12H2,1-2H3,(H,20,22). The molecule has 2 aromatic carbocycles. The number of rotatable bonds is 5. The van der Waals surface area contributed by atoms with Crippen molar-refractivity contribution >= 4 is 23.3 Å². The summed E-state index contributed by atoms with van der Waals surface area (Å²) in [6.07, 6.45) is 0.719. The molecule has 2 rings (SSSR count). The van der Waals surface area contributed by atoms with E-state index in [2.05, 4.69) is 5.32 Å². The molecule has 116 valence electrons. The number of halogens is 1. The van der Waals surface area contributed by atoms with Gasteiger partial charge in [0.2, 0.25) is 0 Å². The lowest BCUT2D eigenvalue weighted by Gasteiger charge is -2.22. The molecule has 1 N–H and O–H groups in total. The Morgan fingerprint density at radius 2 is 1.95 bits per heavy atom. The van der Waals surface area contributed by atoms with Gasteiger partial charge in [0, 0.05) is 23.8 Å². The first-order chi connectivity index (χ1) is 10.6. The van der Waals surface area contributed by atoms with Gasteiger partial charge >= 0.3 is 6.03 Å². The Morgan fingerprint density at radius 1 is 1.18 bits per heavy atom. The number of nitrogens with one attached hydrogen (secondary N) is 1. The second-order valence-corrected chi connectivity index (χ2v) is 5.56. The van der Waals surface area contributed by atoms with Crippen LogP contribution in [0.5, 0.6) is 0 Å². The monoisotopic (exact) mass is 316 g/mol. The summed E-state index contributed by atoms with van der Waals surface area (Å²) in [6, 6.07) is 15.6. The molecule has 0 fully saturated rings. The number of anilines is 1. The Bertz CT molecular complexity index is 642. The molecule has 4 heteroatoms. The third kappa shape index (κ3) is 4.25. The third-order valence-corrected chi connectivity index (χ3v) is 3.87. The second-order valence-electron chi connectivity index (χ2n) is 5.16. The zero-order valence-electron chi connectivity index (χ0n) is 13.0. The summed E-state index contributed by atoms with van der Waals surface area (Å²) in [5.74, 6) is 0. The molecule has 0 spiro atoms. The van der Waals surface area contributed by atoms with Crippen molar-refractivity contribution in [2.24, 2.45) is 0 Å². The molecule has 0 heterocycles. The first-order valence-corrected chi connectivity index (χ1v) is 7.85. The molecule has 0 saturated heterocycles. The fourth-order valence-corrected chi connectivity index (χ4v) is 2.57. The fourth-order valence-electron chi connectivity index (χ4n) is 2.34. The molecule has 3 nitrogen and oxygen atoms in total. The van der Waals surface area contributed by atoms with Crippen molar-refractivity contribution in [1.82, 2.24) is 5.32 Å². The van der Waals surface area contributed by atoms with Crippen molar-refractivity contribution in [3.63, 3.8) is 0 Å². The summed E-state index contributed by atoms with van der Waals surface area (Å²) in [5, 5.41) is 3.69. The maximum absolute atomic E-state index is 12.3. The number of hydrogen-bond donors (Lipinski definition) is 1. The molecule has 2 amide bonds. The fraction of sp³-hybridized carbons (Fsp3) is 0.278. The highest BCUT2D eigenvalue weighted by Crippen LogP contribution is 2.17. The minimum atomic E-state index is -0.0832. The van der Waals surface area contributed by atoms with E-state index in [4.69, 9.17) is 11.6 Å². The maximum atomic E-state index is 12.3. The average Bonchev–Trinajstić information content (AvgIpc) is 2.50. The van der Waals surface area contributed by atoms with Crippen molar-refractivity contribution < 1.29 is 4.79 Å². The van der Waals surface area contributed by atoms with E-state index in [9.17, 15) is 4.79 Å². The van der Waals surface area contributed by atoms with Crippen LogP contribution in [-0.4, -0.2) is 19.1 Å². The third-order valence-electron chi connectivity index (χ3n) is 3.50. The van der Waals surface area contributed by atoms with Gasteiger partial charge in [0.05, 0.1) is 0 Å². The van der Waals surface area contributed by atoms with Crippen molar-refractivity contribution in [2.75, 3.05) is 18.0 Å². The minimum absolute atomic E-state index is 0.0832. The number of aryl methyl sites for hydroxylation is 1. The van der Waals surface area contributed by atoms with E-state index in [-0.39, 0.29) is 6.03 Å². The Hall–Kier alpha value is -2.00. The van der Waals surface area contributed by atoms with Gasteiger partial charge in [-0.25, -0.2) is 4.79 Å². The Labute approximate surface area is 136 Å². The van der Waals surface area contributed by atoms with Gasteiger partial charge in [0.15, 0.2) is 0 Å². The first-order valence-electron chi connectivity index (χ1n) is 7.47. The number of carbonyl (C=O) groups excluding carboxylic acids is 1. The van der Waals surface area contributed by atoms with E-state index in [1.165, 1.54) is 0 Å². The minimum Gasteiger partial charge on any atom is -0.337 e. The van der Waals surface area contributed by atoms with Gasteiger partial charge in [-0.1, -0.05) is 41.9 Å². The largest absolute Gasteiger partial charge is 0.337 e. The normalized spacial score (nSPS) is 10.3. The van der Waals surface area contributed by atoms with Gasteiger partial charge in [0.25, 0.3) is 0 Å². The Balaban J connectivity index is 1.94. The van der Waals surface area contributed by atoms with Crippen molar-refractivity contribution in [3.05, 3.63) is 64.7 Å². The molecule has 0 atom stereocenters. The van der Waals surface area contributed by atoms with Crippen LogP contribution < -0.4 is 10.2 Å². The molecule has 2 aromatic rings. The van der Waals surface area contributed by atoms with Gasteiger partial charge in [0.1, 0.15) is 0 Å². The number of urea groups is 1. The van der Waals surface area contributed by atoms with Crippen LogP contribution in [0.1, 0.15) is 18.1 Å². The highest BCUT2D eigenvalue weighted by atomic mass is 35.5. The zero-order valence-corrected chi connectivity index (χ0v) is 13.7. The Morgan fingerprint density at radius 3 is 2.64 bits per heavy atom. The molecular weight excluding hydrogens is 296 g/mol. The van der Waals surface area contributed by atoms with Gasteiger partial charge in [-0.15, -0.1) is 0 Å². The number of benzene rings is 2. The molecule has 0 aliphatic heterocycles. The van der Waals surface area contributed by atoms with Gasteiger partial charge in [-0.3, -0.25) is 4.90 Å². The van der Waals surface area contributed by atoms with Crippen LogP contribution in [0.2, 0.25) is 5.02 Å². The number of hydrogen-bond acceptors (Lipinski definition) is 1. The molecule has 0 bridgehead atoms. The summed E-state index contributed by atoms with van der Waals surface area (Å²) in [6.45, 7) is 5.18. The quantitative estimate of drug-likeness (QED) is 0.869. The summed E-state index contributed by atoms with van der Waals surface area (Å²) in [5.41, 5.74) is 3.10. The van der Waals surface area contributed by atoms with Crippen LogP contribution in [0.4, 0.5) is 10.5 Å². The van der Waals surface area contributed by atoms with Crippen molar-refractivity contribution in [2.45, 2.75) is 20.3 Å². The van der Waals surface area contributed by atoms with E-state index in [1.54, 1.807) is 4.90 Å². The first kappa shape index (κ1) is 16.4. The highest BCUT2D eigenvalue weighted by molar-refractivity contribution is 6.31. The highest BCUT2D eigenvalue weighted by Gasteiger charge is 2.13. The maximum Gasteiger partial charge on any atom is 0.321 e. The topological polar surface area (TPSA) is 32.3 Å². The van der Waals surface area contributed by atoms with Gasteiger partial charge < -0.3 is 5.32 Å². The number of amides is 2. The molecular formula is C18H21ClN2O. The molecule has 0 radical (unpaired) electrons. The Kier molecular flexibility index (Phi) is 5.84. The number of nitrogens with zero attached hydrogens (tertiary/aromatic N) is 1. The van der Waals surface area contributed by atoms with Crippen LogP contribution >= 0.6 is 11.6 Å². The van der Waals surface area contributed by atoms with Crippen molar-refractivity contribution in [1.29, 1.82) is 0 Å². The summed E-state index contributed by atoms with van der Waals surface area (Å²) >= 11 is 6.12. The lowest BCUT2D eigenvalue weighted by molar-refractivity contribution is 0.246. The van der Waals surface area contributed by atoms with Crippen LogP contribution in [0.15, 0.2) is 48.5 Å². The molecule has 0 aliphatic carbocycles. The van der Waals surface area contributed by atoms with Crippen LogP contribution in [0.25, 0.3) is 0 Å². The van der Waals surface area contributed by atoms with Crippen LogP contribution in [-0.2, 0) is 6.42 Å². The summed E-state index contributed by atoms with van der Waals surface area (Å²) < 4.78 is 0. The van der Waals surface area contributed by atoms with Crippen molar-refractivity contribution in [3.8, 4) is 0 Å². The SMILES string of the molecule is CCN(C(=O)NCCc1ccccc1Cl)c1cccc(C)c1. The number of carbonyl (C=O) groups is 1. The van der Waals surface area contributed by atoms with Crippen LogP contribution in [0.3, 0.4) is 0 Å². The van der Waals surface area contributed by atoms with E-state index in [0.29, 0.717) is 13.1 Å². The average molecular weight is 317 g/mol. The smallest absolute Gasteiger partial charge is 0.321 e. The van der Waals surface area contributed by atoms with E-state index in [0.717, 1.165) is 28.3 Å². The predicted molar refractivity (Wildman–Crippen MR) is 92.8 cm³/mol. The molecule has 22 heavy (non-hydrogen) atoms. The summed E-state index contributed by atoms with van der Waals surface area (Å²) in [4.78, 5) is 14.1. The molecule has 0 unspecified atom stereocenters. The van der Waals surface area contributed by atoms with E-state index in [1.807, 2.05) is 62.4 Å². The predicted octanol–water partition coefficient (Wildman–Crippen LogP) is 4.43. The summed E-state index contributed by atoms with van der Waals surface area (Å²) in [7, 11) is 0. The lowest BCUT2D eigenvalue weighted by atomic mass is 10.1. The second kappa shape index (κ2) is 7.85. The lowest BCUT2D eigenvalue weighted by Crippen LogP contribution is -2.40. The van der Waals surface area contributed by atoms with E-state index < -0.39 is 0 Å².